The van der Waals surface area contributed by atoms with Gasteiger partial charge in [0.25, 0.3) is 5.91 Å². The average Bonchev–Trinajstić information content (AvgIpc) is 3.36. The van der Waals surface area contributed by atoms with Crippen LogP contribution in [0.1, 0.15) is 61.5 Å². The molecule has 1 aromatic carbocycles. The molecule has 152 valence electrons. The second-order valence-corrected chi connectivity index (χ2v) is 8.60. The van der Waals surface area contributed by atoms with Crippen LogP contribution in [0.25, 0.3) is 11.5 Å². The highest BCUT2D eigenvalue weighted by atomic mass is 16.5. The maximum atomic E-state index is 13.0. The van der Waals surface area contributed by atoms with E-state index in [-0.39, 0.29) is 17.4 Å². The summed E-state index contributed by atoms with van der Waals surface area (Å²) >= 11 is 0. The normalized spacial score (nSPS) is 17.5. The third-order valence-corrected chi connectivity index (χ3v) is 5.32. The molecule has 8 heteroatoms. The first-order chi connectivity index (χ1) is 13.8. The van der Waals surface area contributed by atoms with Crippen LogP contribution < -0.4 is 0 Å². The monoisotopic (exact) mass is 394 g/mol. The lowest BCUT2D eigenvalue weighted by Crippen LogP contribution is -2.40. The fraction of sp³-hybridized carbons (Fsp3) is 0.476. The van der Waals surface area contributed by atoms with Gasteiger partial charge < -0.3 is 9.42 Å². The molecule has 0 bridgehead atoms. The number of likely N-dealkylation sites (tertiary alicyclic amines) is 1. The van der Waals surface area contributed by atoms with E-state index >= 15 is 0 Å². The van der Waals surface area contributed by atoms with E-state index in [4.69, 9.17) is 4.52 Å². The molecule has 1 aliphatic rings. The number of carbonyl (C=O) groups excluding carboxylic acids is 1. The summed E-state index contributed by atoms with van der Waals surface area (Å²) in [4.78, 5) is 19.1. The van der Waals surface area contributed by atoms with Gasteiger partial charge in [0.05, 0.1) is 12.2 Å². The molecule has 0 N–H and O–H groups in total. The Balaban J connectivity index is 1.47. The summed E-state index contributed by atoms with van der Waals surface area (Å²) < 4.78 is 6.82. The number of carbonyl (C=O) groups is 1. The molecule has 1 saturated heterocycles. The summed E-state index contributed by atoms with van der Waals surface area (Å²) in [6.07, 6.45) is 3.69. The molecular weight excluding hydrogens is 368 g/mol. The van der Waals surface area contributed by atoms with E-state index < -0.39 is 0 Å². The second kappa shape index (κ2) is 7.42. The van der Waals surface area contributed by atoms with Gasteiger partial charge in [0.2, 0.25) is 11.7 Å². The van der Waals surface area contributed by atoms with Crippen molar-refractivity contribution in [3.8, 4) is 11.5 Å². The van der Waals surface area contributed by atoms with Crippen molar-refractivity contribution in [1.82, 2.24) is 30.0 Å². The van der Waals surface area contributed by atoms with E-state index in [0.717, 1.165) is 24.9 Å². The van der Waals surface area contributed by atoms with Crippen LogP contribution in [0, 0.1) is 6.92 Å². The maximum Gasteiger partial charge on any atom is 0.253 e. The molecule has 1 atom stereocenters. The highest BCUT2D eigenvalue weighted by Crippen LogP contribution is 2.25. The van der Waals surface area contributed by atoms with Crippen LogP contribution in [0.2, 0.25) is 0 Å². The number of rotatable bonds is 3. The Kier molecular flexibility index (Phi) is 4.94. The van der Waals surface area contributed by atoms with Crippen molar-refractivity contribution in [2.24, 2.45) is 0 Å². The highest BCUT2D eigenvalue weighted by Gasteiger charge is 2.27. The van der Waals surface area contributed by atoms with Gasteiger partial charge in [0, 0.05) is 25.6 Å². The second-order valence-electron chi connectivity index (χ2n) is 8.60. The molecule has 1 aliphatic heterocycles. The number of aryl methyl sites for hydroxylation is 1. The van der Waals surface area contributed by atoms with Gasteiger partial charge in [-0.1, -0.05) is 43.3 Å². The highest BCUT2D eigenvalue weighted by molar-refractivity contribution is 5.94. The summed E-state index contributed by atoms with van der Waals surface area (Å²) in [5.41, 5.74) is 2.58. The molecule has 0 radical (unpaired) electrons. The van der Waals surface area contributed by atoms with Crippen LogP contribution in [0.15, 0.2) is 35.0 Å². The van der Waals surface area contributed by atoms with E-state index in [0.29, 0.717) is 24.0 Å². The van der Waals surface area contributed by atoms with Crippen LogP contribution in [0.3, 0.4) is 0 Å². The van der Waals surface area contributed by atoms with E-state index in [9.17, 15) is 4.79 Å². The molecule has 3 heterocycles. The Bertz CT molecular complexity index is 999. The third kappa shape index (κ3) is 4.06. The van der Waals surface area contributed by atoms with Gasteiger partial charge in [-0.25, -0.2) is 4.68 Å². The van der Waals surface area contributed by atoms with Gasteiger partial charge in [-0.2, -0.15) is 4.98 Å². The molecule has 3 aromatic rings. The minimum absolute atomic E-state index is 0.0595. The van der Waals surface area contributed by atoms with Gasteiger partial charge in [-0.3, -0.25) is 4.79 Å². The molecule has 0 saturated carbocycles. The standard InChI is InChI=1S/C21H26N6O2/c1-14-22-19(24-29-14)18-13-27(25-23-18)17-6-5-11-26(12-17)20(28)15-7-9-16(10-8-15)21(2,3)4/h7-10,13,17H,5-6,11-12H2,1-4H3. The van der Waals surface area contributed by atoms with Crippen molar-refractivity contribution in [3.63, 3.8) is 0 Å². The van der Waals surface area contributed by atoms with Crippen LogP contribution in [-0.2, 0) is 5.41 Å². The largest absolute Gasteiger partial charge is 0.339 e. The number of benzene rings is 1. The SMILES string of the molecule is Cc1nc(-c2cn(C3CCCN(C(=O)c4ccc(C(C)(C)C)cc4)C3)nn2)no1. The van der Waals surface area contributed by atoms with Gasteiger partial charge in [-0.05, 0) is 36.0 Å². The van der Waals surface area contributed by atoms with Crippen molar-refractivity contribution in [1.29, 1.82) is 0 Å². The minimum Gasteiger partial charge on any atom is -0.339 e. The first-order valence-corrected chi connectivity index (χ1v) is 9.93. The number of nitrogens with zero attached hydrogens (tertiary/aromatic N) is 6. The van der Waals surface area contributed by atoms with Crippen LogP contribution in [0.5, 0.6) is 0 Å². The van der Waals surface area contributed by atoms with Crippen molar-refractivity contribution in [3.05, 3.63) is 47.5 Å². The van der Waals surface area contributed by atoms with E-state index in [1.807, 2.05) is 40.0 Å². The summed E-state index contributed by atoms with van der Waals surface area (Å²) in [5.74, 6) is 0.974. The zero-order chi connectivity index (χ0) is 20.6. The van der Waals surface area contributed by atoms with Crippen molar-refractivity contribution >= 4 is 5.91 Å². The first-order valence-electron chi connectivity index (χ1n) is 9.93. The maximum absolute atomic E-state index is 13.0. The van der Waals surface area contributed by atoms with Crippen LogP contribution in [-0.4, -0.2) is 49.0 Å². The predicted molar refractivity (Wildman–Crippen MR) is 107 cm³/mol. The number of aromatic nitrogens is 5. The zero-order valence-corrected chi connectivity index (χ0v) is 17.3. The molecular formula is C21H26N6O2. The Hall–Kier alpha value is -3.03. The van der Waals surface area contributed by atoms with Crippen molar-refractivity contribution < 1.29 is 9.32 Å². The van der Waals surface area contributed by atoms with E-state index in [1.165, 1.54) is 5.56 Å². The Labute approximate surface area is 169 Å². The molecule has 2 aromatic heterocycles. The molecule has 29 heavy (non-hydrogen) atoms. The number of piperidine rings is 1. The Morgan fingerprint density at radius 3 is 2.62 bits per heavy atom. The quantitative estimate of drug-likeness (QED) is 0.676. The summed E-state index contributed by atoms with van der Waals surface area (Å²) in [7, 11) is 0. The van der Waals surface area contributed by atoms with Gasteiger partial charge in [0.1, 0.15) is 0 Å². The predicted octanol–water partition coefficient (Wildman–Crippen LogP) is 3.41. The smallest absolute Gasteiger partial charge is 0.253 e. The third-order valence-electron chi connectivity index (χ3n) is 5.32. The lowest BCUT2D eigenvalue weighted by molar-refractivity contribution is 0.0672. The lowest BCUT2D eigenvalue weighted by Gasteiger charge is -2.32. The van der Waals surface area contributed by atoms with Crippen molar-refractivity contribution in [2.75, 3.05) is 13.1 Å². The van der Waals surface area contributed by atoms with E-state index in [1.54, 1.807) is 6.92 Å². The minimum atomic E-state index is 0.0595. The molecule has 1 fully saturated rings. The van der Waals surface area contributed by atoms with Crippen LogP contribution in [0.4, 0.5) is 0 Å². The molecule has 1 amide bonds. The molecule has 4 rings (SSSR count). The van der Waals surface area contributed by atoms with Gasteiger partial charge >= 0.3 is 0 Å². The van der Waals surface area contributed by atoms with Crippen molar-refractivity contribution in [2.45, 2.75) is 52.0 Å². The van der Waals surface area contributed by atoms with Gasteiger partial charge in [-0.15, -0.1) is 5.10 Å². The molecule has 8 nitrogen and oxygen atoms in total. The Morgan fingerprint density at radius 1 is 1.21 bits per heavy atom. The first kappa shape index (κ1) is 19.3. The number of hydrogen-bond acceptors (Lipinski definition) is 6. The molecule has 0 aliphatic carbocycles. The number of amides is 1. The summed E-state index contributed by atoms with van der Waals surface area (Å²) in [5, 5.41) is 12.3. The Morgan fingerprint density at radius 2 is 1.97 bits per heavy atom. The lowest BCUT2D eigenvalue weighted by atomic mass is 9.86. The van der Waals surface area contributed by atoms with E-state index in [2.05, 4.69) is 41.2 Å². The fourth-order valence-corrected chi connectivity index (χ4v) is 3.61. The number of hydrogen-bond donors (Lipinski definition) is 0. The summed E-state index contributed by atoms with van der Waals surface area (Å²) in [6.45, 7) is 9.60. The van der Waals surface area contributed by atoms with Gasteiger partial charge in [0.15, 0.2) is 5.69 Å². The molecule has 1 unspecified atom stereocenters. The molecule has 0 spiro atoms. The van der Waals surface area contributed by atoms with Crippen LogP contribution >= 0.6 is 0 Å². The topological polar surface area (TPSA) is 89.9 Å². The fourth-order valence-electron chi connectivity index (χ4n) is 3.61. The average molecular weight is 394 g/mol. The summed E-state index contributed by atoms with van der Waals surface area (Å²) in [6, 6.07) is 8.03. The zero-order valence-electron chi connectivity index (χ0n) is 17.3.